The van der Waals surface area contributed by atoms with Gasteiger partial charge in [-0.1, -0.05) is 0 Å². The van der Waals surface area contributed by atoms with E-state index < -0.39 is 5.67 Å². The van der Waals surface area contributed by atoms with Gasteiger partial charge in [-0.05, 0) is 25.0 Å². The first kappa shape index (κ1) is 10.4. The highest BCUT2D eigenvalue weighted by Gasteiger charge is 2.48. The van der Waals surface area contributed by atoms with Crippen LogP contribution in [0.15, 0.2) is 18.3 Å². The zero-order chi connectivity index (χ0) is 10.9. The molecule has 0 aliphatic heterocycles. The molecule has 1 aliphatic rings. The van der Waals surface area contributed by atoms with E-state index in [9.17, 15) is 4.39 Å². The number of alkyl halides is 1. The van der Waals surface area contributed by atoms with Crippen LogP contribution in [0.3, 0.4) is 0 Å². The molecule has 1 atom stereocenters. The summed E-state index contributed by atoms with van der Waals surface area (Å²) >= 11 is 0. The minimum Gasteiger partial charge on any atom is -0.495 e. The maximum absolute atomic E-state index is 14.6. The molecule has 1 unspecified atom stereocenters. The van der Waals surface area contributed by atoms with Gasteiger partial charge in [-0.25, -0.2) is 4.39 Å². The first-order valence-electron chi connectivity index (χ1n) is 5.11. The van der Waals surface area contributed by atoms with Crippen LogP contribution >= 0.6 is 0 Å². The molecule has 0 saturated heterocycles. The van der Waals surface area contributed by atoms with E-state index in [1.54, 1.807) is 18.3 Å². The maximum Gasteiger partial charge on any atom is 0.171 e. The van der Waals surface area contributed by atoms with Gasteiger partial charge in [-0.2, -0.15) is 0 Å². The van der Waals surface area contributed by atoms with E-state index in [1.165, 1.54) is 7.11 Å². The lowest BCUT2D eigenvalue weighted by atomic mass is 9.94. The molecule has 0 radical (unpaired) electrons. The molecule has 2 rings (SSSR count). The van der Waals surface area contributed by atoms with Crippen LogP contribution in [0.5, 0.6) is 5.75 Å². The fourth-order valence-electron chi connectivity index (χ4n) is 1.86. The summed E-state index contributed by atoms with van der Waals surface area (Å²) < 4.78 is 19.7. The van der Waals surface area contributed by atoms with E-state index >= 15 is 0 Å². The number of hydrogen-bond acceptors (Lipinski definition) is 3. The second-order valence-electron chi connectivity index (χ2n) is 3.90. The average molecular weight is 210 g/mol. The number of nitrogens with zero attached hydrogens (tertiary/aromatic N) is 1. The monoisotopic (exact) mass is 210 g/mol. The Labute approximate surface area is 88.5 Å². The van der Waals surface area contributed by atoms with Gasteiger partial charge in [0, 0.05) is 18.7 Å². The zero-order valence-electron chi connectivity index (χ0n) is 8.74. The molecular weight excluding hydrogens is 195 g/mol. The van der Waals surface area contributed by atoms with Crippen LogP contribution in [0.4, 0.5) is 4.39 Å². The normalized spacial score (nSPS) is 19.7. The predicted molar refractivity (Wildman–Crippen MR) is 55.4 cm³/mol. The minimum absolute atomic E-state index is 0.00583. The summed E-state index contributed by atoms with van der Waals surface area (Å²) in [6.07, 6.45) is 3.34. The maximum atomic E-state index is 14.6. The number of hydrogen-bond donors (Lipinski definition) is 1. The van der Waals surface area contributed by atoms with Crippen molar-refractivity contribution in [3.05, 3.63) is 24.0 Å². The summed E-state index contributed by atoms with van der Waals surface area (Å²) in [4.78, 5) is 4.07. The first-order chi connectivity index (χ1) is 7.22. The van der Waals surface area contributed by atoms with Crippen molar-refractivity contribution < 1.29 is 9.13 Å². The van der Waals surface area contributed by atoms with Gasteiger partial charge < -0.3 is 10.5 Å². The first-order valence-corrected chi connectivity index (χ1v) is 5.11. The van der Waals surface area contributed by atoms with E-state index in [1.807, 2.05) is 0 Å². The highest BCUT2D eigenvalue weighted by Crippen LogP contribution is 2.49. The Bertz CT molecular complexity index is 354. The Morgan fingerprint density at radius 1 is 1.67 bits per heavy atom. The van der Waals surface area contributed by atoms with Crippen molar-refractivity contribution in [2.45, 2.75) is 18.5 Å². The van der Waals surface area contributed by atoms with Crippen molar-refractivity contribution in [2.75, 3.05) is 13.7 Å². The van der Waals surface area contributed by atoms with Crippen molar-refractivity contribution in [1.82, 2.24) is 4.98 Å². The number of halogens is 1. The summed E-state index contributed by atoms with van der Waals surface area (Å²) in [5.74, 6) is 0.489. The van der Waals surface area contributed by atoms with Crippen LogP contribution in [-0.2, 0) is 5.67 Å². The highest BCUT2D eigenvalue weighted by molar-refractivity contribution is 5.33. The quantitative estimate of drug-likeness (QED) is 0.821. The fourth-order valence-corrected chi connectivity index (χ4v) is 1.86. The molecule has 1 aromatic rings. The third-order valence-corrected chi connectivity index (χ3v) is 2.91. The smallest absolute Gasteiger partial charge is 0.171 e. The van der Waals surface area contributed by atoms with E-state index in [-0.39, 0.29) is 12.5 Å². The molecule has 0 amide bonds. The Morgan fingerprint density at radius 2 is 2.40 bits per heavy atom. The average Bonchev–Trinajstić information content (AvgIpc) is 3.12. The molecule has 1 fully saturated rings. The van der Waals surface area contributed by atoms with Crippen LogP contribution in [-0.4, -0.2) is 18.6 Å². The van der Waals surface area contributed by atoms with Gasteiger partial charge in [0.15, 0.2) is 5.67 Å². The molecule has 1 aliphatic carbocycles. The van der Waals surface area contributed by atoms with Crippen molar-refractivity contribution in [3.8, 4) is 5.75 Å². The van der Waals surface area contributed by atoms with Gasteiger partial charge in [0.2, 0.25) is 0 Å². The topological polar surface area (TPSA) is 48.1 Å². The molecule has 0 spiro atoms. The zero-order valence-corrected chi connectivity index (χ0v) is 8.74. The van der Waals surface area contributed by atoms with Crippen molar-refractivity contribution in [2.24, 2.45) is 11.7 Å². The third-order valence-electron chi connectivity index (χ3n) is 2.91. The number of aromatic nitrogens is 1. The van der Waals surface area contributed by atoms with Crippen LogP contribution in [0, 0.1) is 5.92 Å². The summed E-state index contributed by atoms with van der Waals surface area (Å²) in [5, 5.41) is 0. The molecule has 1 saturated carbocycles. The molecule has 0 bridgehead atoms. The fraction of sp³-hybridized carbons (Fsp3) is 0.545. The second-order valence-corrected chi connectivity index (χ2v) is 3.90. The van der Waals surface area contributed by atoms with E-state index in [0.717, 1.165) is 12.8 Å². The van der Waals surface area contributed by atoms with Crippen LogP contribution in [0.25, 0.3) is 0 Å². The van der Waals surface area contributed by atoms with E-state index in [0.29, 0.717) is 11.4 Å². The van der Waals surface area contributed by atoms with Crippen molar-refractivity contribution in [3.63, 3.8) is 0 Å². The van der Waals surface area contributed by atoms with Crippen LogP contribution < -0.4 is 10.5 Å². The van der Waals surface area contributed by atoms with Gasteiger partial charge >= 0.3 is 0 Å². The Kier molecular flexibility index (Phi) is 2.61. The van der Waals surface area contributed by atoms with Gasteiger partial charge in [0.05, 0.1) is 7.11 Å². The molecule has 2 N–H and O–H groups in total. The largest absolute Gasteiger partial charge is 0.495 e. The lowest BCUT2D eigenvalue weighted by Crippen LogP contribution is -2.34. The van der Waals surface area contributed by atoms with Crippen LogP contribution in [0.1, 0.15) is 18.5 Å². The summed E-state index contributed by atoms with van der Waals surface area (Å²) in [7, 11) is 1.52. The molecule has 4 heteroatoms. The molecule has 82 valence electrons. The number of methoxy groups -OCH3 is 1. The molecule has 1 aromatic heterocycles. The number of ether oxygens (including phenoxy) is 1. The summed E-state index contributed by atoms with van der Waals surface area (Å²) in [6, 6.07) is 3.45. The summed E-state index contributed by atoms with van der Waals surface area (Å²) in [5.41, 5.74) is 4.36. The molecule has 1 heterocycles. The Morgan fingerprint density at radius 3 is 2.93 bits per heavy atom. The Hall–Kier alpha value is -1.16. The third kappa shape index (κ3) is 1.69. The van der Waals surface area contributed by atoms with E-state index in [2.05, 4.69) is 4.98 Å². The van der Waals surface area contributed by atoms with Crippen molar-refractivity contribution in [1.29, 1.82) is 0 Å². The van der Waals surface area contributed by atoms with E-state index in [4.69, 9.17) is 10.5 Å². The predicted octanol–water partition coefficient (Wildman–Crippen LogP) is 1.62. The Balaban J connectivity index is 2.41. The molecule has 0 aromatic carbocycles. The minimum atomic E-state index is -1.52. The lowest BCUT2D eigenvalue weighted by molar-refractivity contribution is 0.132. The van der Waals surface area contributed by atoms with Crippen molar-refractivity contribution >= 4 is 0 Å². The molecule has 3 nitrogen and oxygen atoms in total. The summed E-state index contributed by atoms with van der Waals surface area (Å²) in [6.45, 7) is -0.0367. The molecule has 15 heavy (non-hydrogen) atoms. The number of rotatable bonds is 4. The van der Waals surface area contributed by atoms with Crippen LogP contribution in [0.2, 0.25) is 0 Å². The van der Waals surface area contributed by atoms with Gasteiger partial charge in [0.25, 0.3) is 0 Å². The standard InChI is InChI=1S/C11H15FN2O/c1-15-9-3-2-6-14-10(9)11(12,7-13)8-4-5-8/h2-3,6,8H,4-5,7,13H2,1H3. The molecular formula is C11H15FN2O. The SMILES string of the molecule is COc1cccnc1C(F)(CN)C1CC1. The van der Waals surface area contributed by atoms with Gasteiger partial charge in [0.1, 0.15) is 11.4 Å². The lowest BCUT2D eigenvalue weighted by Gasteiger charge is -2.24. The highest BCUT2D eigenvalue weighted by atomic mass is 19.1. The number of nitrogens with two attached hydrogens (primary N) is 1. The second kappa shape index (κ2) is 3.77. The number of pyridine rings is 1. The van der Waals surface area contributed by atoms with Gasteiger partial charge in [-0.15, -0.1) is 0 Å². The van der Waals surface area contributed by atoms with Gasteiger partial charge in [-0.3, -0.25) is 4.98 Å².